The largest absolute Gasteiger partial charge is 0.407 e. The molecule has 4 aromatic rings. The normalized spacial score (nSPS) is 12.1. The van der Waals surface area contributed by atoms with Crippen LogP contribution < -0.4 is 4.52 Å². The van der Waals surface area contributed by atoms with Crippen LogP contribution in [-0.4, -0.2) is 0 Å². The smallest absolute Gasteiger partial charge is 0.395 e. The van der Waals surface area contributed by atoms with Crippen molar-refractivity contribution < 1.29 is 9.09 Å². The van der Waals surface area contributed by atoms with Crippen molar-refractivity contribution in [3.8, 4) is 39.1 Å². The first-order valence-electron chi connectivity index (χ1n) is 12.0. The summed E-state index contributed by atoms with van der Waals surface area (Å²) in [5.74, 6) is 0.601. The summed E-state index contributed by atoms with van der Waals surface area (Å²) in [7, 11) is -0.372. The summed E-state index contributed by atoms with van der Waals surface area (Å²) in [6.45, 7) is 13.5. The molecule has 0 heterocycles. The van der Waals surface area contributed by atoms with Crippen LogP contribution in [0.3, 0.4) is 0 Å². The molecule has 0 unspecified atom stereocenters. The monoisotopic (exact) mass is 480 g/mol. The molecular formula is C32H33O2P. The SMILES string of the molecule is CC(C)(C)c1ccccc1-c1ccc(OP=O)c(-c2ccccc2)c1-c1ccccc1C(C)(C)C. The Bertz CT molecular complexity index is 1340. The Hall–Kier alpha value is -3.22. The molecule has 0 fully saturated rings. The molecule has 0 aliphatic heterocycles. The van der Waals surface area contributed by atoms with Crippen molar-refractivity contribution in [1.82, 2.24) is 0 Å². The summed E-state index contributed by atoms with van der Waals surface area (Å²) in [5, 5.41) is 0. The minimum absolute atomic E-state index is 0.0346. The van der Waals surface area contributed by atoms with Crippen molar-refractivity contribution in [3.63, 3.8) is 0 Å². The van der Waals surface area contributed by atoms with Crippen LogP contribution in [0.25, 0.3) is 33.4 Å². The zero-order chi connectivity index (χ0) is 25.2. The molecule has 2 nitrogen and oxygen atoms in total. The lowest BCUT2D eigenvalue weighted by Gasteiger charge is -2.28. The Morgan fingerprint density at radius 3 is 1.63 bits per heavy atom. The van der Waals surface area contributed by atoms with Gasteiger partial charge in [0.2, 0.25) is 0 Å². The maximum atomic E-state index is 11.6. The third kappa shape index (κ3) is 5.09. The van der Waals surface area contributed by atoms with Crippen molar-refractivity contribution >= 4 is 8.69 Å². The minimum atomic E-state index is -0.372. The summed E-state index contributed by atoms with van der Waals surface area (Å²) in [6.07, 6.45) is 0. The van der Waals surface area contributed by atoms with Gasteiger partial charge >= 0.3 is 8.69 Å². The first kappa shape index (κ1) is 24.9. The van der Waals surface area contributed by atoms with Crippen molar-refractivity contribution in [1.29, 1.82) is 0 Å². The van der Waals surface area contributed by atoms with E-state index in [2.05, 4.69) is 108 Å². The quantitative estimate of drug-likeness (QED) is 0.266. The van der Waals surface area contributed by atoms with Gasteiger partial charge in [-0.15, -0.1) is 0 Å². The molecule has 0 N–H and O–H groups in total. The Morgan fingerprint density at radius 1 is 0.543 bits per heavy atom. The molecule has 0 saturated heterocycles. The van der Waals surface area contributed by atoms with Gasteiger partial charge in [0.15, 0.2) is 0 Å². The lowest BCUT2D eigenvalue weighted by Crippen LogP contribution is -2.14. The molecule has 178 valence electrons. The van der Waals surface area contributed by atoms with Gasteiger partial charge in [-0.1, -0.05) is 120 Å². The summed E-state index contributed by atoms with van der Waals surface area (Å²) in [5.41, 5.74) is 9.00. The van der Waals surface area contributed by atoms with Gasteiger partial charge < -0.3 is 4.52 Å². The van der Waals surface area contributed by atoms with E-state index in [1.165, 1.54) is 16.7 Å². The lowest BCUT2D eigenvalue weighted by atomic mass is 9.76. The summed E-state index contributed by atoms with van der Waals surface area (Å²) in [4.78, 5) is 0. The molecule has 0 radical (unpaired) electrons. The highest BCUT2D eigenvalue weighted by Crippen LogP contribution is 2.49. The van der Waals surface area contributed by atoms with Crippen molar-refractivity contribution in [2.75, 3.05) is 0 Å². The summed E-state index contributed by atoms with van der Waals surface area (Å²) in [6, 6.07) is 31.6. The molecule has 4 rings (SSSR count). The van der Waals surface area contributed by atoms with E-state index in [-0.39, 0.29) is 19.5 Å². The first-order chi connectivity index (χ1) is 16.6. The van der Waals surface area contributed by atoms with E-state index in [0.29, 0.717) is 5.75 Å². The van der Waals surface area contributed by atoms with Crippen molar-refractivity contribution in [2.45, 2.75) is 52.4 Å². The van der Waals surface area contributed by atoms with Gasteiger partial charge in [0.1, 0.15) is 5.75 Å². The van der Waals surface area contributed by atoms with Gasteiger partial charge in [0.05, 0.1) is 0 Å². The number of rotatable bonds is 5. The van der Waals surface area contributed by atoms with Crippen LogP contribution in [0, 0.1) is 0 Å². The van der Waals surface area contributed by atoms with Crippen LogP contribution in [0.1, 0.15) is 52.7 Å². The second kappa shape index (κ2) is 9.80. The zero-order valence-corrected chi connectivity index (χ0v) is 22.3. The highest BCUT2D eigenvalue weighted by molar-refractivity contribution is 7.17. The Kier molecular flexibility index (Phi) is 6.97. The second-order valence-corrected chi connectivity index (χ2v) is 11.3. The van der Waals surface area contributed by atoms with Gasteiger partial charge in [0.25, 0.3) is 0 Å². The zero-order valence-electron chi connectivity index (χ0n) is 21.4. The molecule has 0 bridgehead atoms. The van der Waals surface area contributed by atoms with E-state index in [4.69, 9.17) is 4.52 Å². The average molecular weight is 481 g/mol. The Morgan fingerprint density at radius 2 is 1.06 bits per heavy atom. The molecule has 0 spiro atoms. The maximum Gasteiger partial charge on any atom is 0.395 e. The molecule has 0 saturated carbocycles. The Labute approximate surface area is 211 Å². The third-order valence-electron chi connectivity index (χ3n) is 6.39. The molecule has 0 atom stereocenters. The average Bonchev–Trinajstić information content (AvgIpc) is 2.83. The van der Waals surface area contributed by atoms with E-state index in [0.717, 1.165) is 27.8 Å². The topological polar surface area (TPSA) is 26.3 Å². The van der Waals surface area contributed by atoms with Crippen molar-refractivity contribution in [2.24, 2.45) is 0 Å². The van der Waals surface area contributed by atoms with Gasteiger partial charge in [-0.3, -0.25) is 0 Å². The molecule has 35 heavy (non-hydrogen) atoms. The number of hydrogen-bond acceptors (Lipinski definition) is 2. The van der Waals surface area contributed by atoms with Crippen molar-refractivity contribution in [3.05, 3.63) is 102 Å². The van der Waals surface area contributed by atoms with Crippen LogP contribution in [0.5, 0.6) is 5.75 Å². The first-order valence-corrected chi connectivity index (χ1v) is 12.8. The van der Waals surface area contributed by atoms with Gasteiger partial charge in [0, 0.05) is 11.1 Å². The highest BCUT2D eigenvalue weighted by atomic mass is 31.1. The number of hydrogen-bond donors (Lipinski definition) is 0. The van der Waals surface area contributed by atoms with Gasteiger partial charge in [-0.05, 0) is 56.3 Å². The molecule has 4 aromatic carbocycles. The highest BCUT2D eigenvalue weighted by Gasteiger charge is 2.27. The van der Waals surface area contributed by atoms with Crippen LogP contribution in [0.15, 0.2) is 91.0 Å². The summed E-state index contributed by atoms with van der Waals surface area (Å²) < 4.78 is 17.3. The van der Waals surface area contributed by atoms with Crippen LogP contribution in [0.2, 0.25) is 0 Å². The van der Waals surface area contributed by atoms with Gasteiger partial charge in [-0.2, -0.15) is 0 Å². The molecular weight excluding hydrogens is 447 g/mol. The lowest BCUT2D eigenvalue weighted by molar-refractivity contribution is 0.526. The second-order valence-electron chi connectivity index (χ2n) is 11.0. The fourth-order valence-electron chi connectivity index (χ4n) is 4.82. The van der Waals surface area contributed by atoms with E-state index in [9.17, 15) is 4.57 Å². The molecule has 0 aromatic heterocycles. The molecule has 0 aliphatic carbocycles. The number of benzene rings is 4. The molecule has 0 aliphatic rings. The maximum absolute atomic E-state index is 11.6. The van der Waals surface area contributed by atoms with Crippen LogP contribution >= 0.6 is 8.69 Å². The van der Waals surface area contributed by atoms with Gasteiger partial charge in [-0.25, -0.2) is 4.57 Å². The fraction of sp³-hybridized carbons (Fsp3) is 0.250. The van der Waals surface area contributed by atoms with Crippen LogP contribution in [0.4, 0.5) is 0 Å². The van der Waals surface area contributed by atoms with E-state index >= 15 is 0 Å². The van der Waals surface area contributed by atoms with E-state index < -0.39 is 0 Å². The molecule has 3 heteroatoms. The fourth-order valence-corrected chi connectivity index (χ4v) is 5.05. The standard InChI is InChI=1S/C32H33O2P/c1-31(2,3)26-18-12-10-16-23(26)24-20-21-28(34-35-33)29(22-14-8-7-9-15-22)30(24)25-17-11-13-19-27(25)32(4,5)6/h7-21H,1-6H3. The Balaban J connectivity index is 2.21. The third-order valence-corrected chi connectivity index (χ3v) is 6.67. The van der Waals surface area contributed by atoms with E-state index in [1.54, 1.807) is 0 Å². The van der Waals surface area contributed by atoms with E-state index in [1.807, 2.05) is 24.3 Å². The predicted octanol–water partition coefficient (Wildman–Crippen LogP) is 9.87. The predicted molar refractivity (Wildman–Crippen MR) is 148 cm³/mol. The molecule has 0 amide bonds. The summed E-state index contributed by atoms with van der Waals surface area (Å²) >= 11 is 0. The van der Waals surface area contributed by atoms with Crippen LogP contribution in [-0.2, 0) is 15.4 Å². The minimum Gasteiger partial charge on any atom is -0.407 e.